The van der Waals surface area contributed by atoms with E-state index in [0.29, 0.717) is 4.90 Å². The van der Waals surface area contributed by atoms with Gasteiger partial charge in [-0.15, -0.1) is 0 Å². The molecule has 0 aromatic rings. The van der Waals surface area contributed by atoms with Gasteiger partial charge in [-0.2, -0.15) is 0 Å². The number of carboxylic acids is 2. The van der Waals surface area contributed by atoms with Gasteiger partial charge in [0.1, 0.15) is 24.7 Å². The zero-order chi connectivity index (χ0) is 26.4. The minimum Gasteiger partial charge on any atom is -0.480 e. The van der Waals surface area contributed by atoms with Crippen LogP contribution in [0.25, 0.3) is 0 Å². The van der Waals surface area contributed by atoms with Gasteiger partial charge in [0.15, 0.2) is 5.78 Å². The molecular weight excluding hydrogens is 460 g/mol. The number of carboxylic acid groups (broad SMARTS) is 2. The van der Waals surface area contributed by atoms with Crippen LogP contribution in [-0.2, 0) is 38.4 Å². The molecule has 0 saturated heterocycles. The minimum atomic E-state index is -1.50. The Bertz CT molecular complexity index is 852. The van der Waals surface area contributed by atoms with Crippen LogP contribution in [0.1, 0.15) is 33.1 Å². The number of urea groups is 1. The molecule has 0 fully saturated rings. The van der Waals surface area contributed by atoms with E-state index in [2.05, 4.69) is 5.32 Å². The molecule has 0 heterocycles. The molecule has 0 spiro atoms. The van der Waals surface area contributed by atoms with Gasteiger partial charge < -0.3 is 25.3 Å². The van der Waals surface area contributed by atoms with Crippen molar-refractivity contribution in [1.29, 1.82) is 0 Å². The van der Waals surface area contributed by atoms with Gasteiger partial charge in [0.2, 0.25) is 17.7 Å². The van der Waals surface area contributed by atoms with E-state index in [4.69, 9.17) is 10.2 Å². The summed E-state index contributed by atoms with van der Waals surface area (Å²) in [5.41, 5.74) is 0. The molecule has 0 aromatic heterocycles. The minimum absolute atomic E-state index is 0.459. The molecule has 0 atom stereocenters. The van der Waals surface area contributed by atoms with Crippen LogP contribution in [0.15, 0.2) is 0 Å². The molecule has 34 heavy (non-hydrogen) atoms. The second-order valence-corrected chi connectivity index (χ2v) is 7.11. The quantitative estimate of drug-likeness (QED) is 0.178. The largest absolute Gasteiger partial charge is 0.480 e. The molecule has 0 rings (SSSR count). The Morgan fingerprint density at radius 3 is 1.76 bits per heavy atom. The SMILES string of the molecule is CC(=O)CN(CC(=O)O)C(=O)CCC(=O)CC(=O)CN(CC(=O)O)C(=O)NC(=O)CNC(C)=O. The first-order chi connectivity index (χ1) is 15.7. The van der Waals surface area contributed by atoms with Crippen molar-refractivity contribution in [3.05, 3.63) is 0 Å². The topological polar surface area (TPSA) is 225 Å². The Balaban J connectivity index is 4.86. The highest BCUT2D eigenvalue weighted by molar-refractivity contribution is 6.03. The molecule has 5 amide bonds. The van der Waals surface area contributed by atoms with Crippen LogP contribution >= 0.6 is 0 Å². The van der Waals surface area contributed by atoms with E-state index in [-0.39, 0.29) is 0 Å². The summed E-state index contributed by atoms with van der Waals surface area (Å²) in [6, 6.07) is -1.23. The predicted octanol–water partition coefficient (Wildman–Crippen LogP) is -2.44. The molecule has 0 aliphatic rings. The molecule has 0 saturated carbocycles. The van der Waals surface area contributed by atoms with E-state index in [1.165, 1.54) is 0 Å². The van der Waals surface area contributed by atoms with Crippen molar-refractivity contribution in [2.45, 2.75) is 33.1 Å². The van der Waals surface area contributed by atoms with Gasteiger partial charge in [-0.05, 0) is 6.92 Å². The number of hydrogen-bond acceptors (Lipinski definition) is 9. The number of carbonyl (C=O) groups excluding carboxylic acids is 7. The maximum atomic E-state index is 12.1. The lowest BCUT2D eigenvalue weighted by Gasteiger charge is -2.20. The average Bonchev–Trinajstić information content (AvgIpc) is 2.68. The molecule has 0 unspecified atom stereocenters. The molecule has 15 heteroatoms. The lowest BCUT2D eigenvalue weighted by Crippen LogP contribution is -2.49. The maximum Gasteiger partial charge on any atom is 0.325 e. The number of hydrogen-bond donors (Lipinski definition) is 4. The maximum absolute atomic E-state index is 12.1. The molecule has 15 nitrogen and oxygen atoms in total. The highest BCUT2D eigenvalue weighted by Gasteiger charge is 2.24. The van der Waals surface area contributed by atoms with E-state index in [0.717, 1.165) is 18.7 Å². The highest BCUT2D eigenvalue weighted by Crippen LogP contribution is 2.03. The van der Waals surface area contributed by atoms with Gasteiger partial charge in [0.25, 0.3) is 0 Å². The summed E-state index contributed by atoms with van der Waals surface area (Å²) in [5, 5.41) is 21.6. The lowest BCUT2D eigenvalue weighted by atomic mass is 10.1. The first-order valence-electron chi connectivity index (χ1n) is 9.78. The Labute approximate surface area is 193 Å². The van der Waals surface area contributed by atoms with Gasteiger partial charge in [0.05, 0.1) is 26.1 Å². The van der Waals surface area contributed by atoms with Crippen LogP contribution in [0.4, 0.5) is 4.79 Å². The third-order valence-electron chi connectivity index (χ3n) is 3.83. The fourth-order valence-electron chi connectivity index (χ4n) is 2.46. The molecule has 0 bridgehead atoms. The number of rotatable bonds is 15. The summed E-state index contributed by atoms with van der Waals surface area (Å²) < 4.78 is 0. The van der Waals surface area contributed by atoms with E-state index in [1.54, 1.807) is 5.32 Å². The van der Waals surface area contributed by atoms with Gasteiger partial charge >= 0.3 is 18.0 Å². The average molecular weight is 486 g/mol. The summed E-state index contributed by atoms with van der Waals surface area (Å²) in [4.78, 5) is 105. The van der Waals surface area contributed by atoms with Crippen molar-refractivity contribution in [3.8, 4) is 0 Å². The van der Waals surface area contributed by atoms with Crippen LogP contribution in [0.5, 0.6) is 0 Å². The van der Waals surface area contributed by atoms with Crippen molar-refractivity contribution in [2.24, 2.45) is 0 Å². The Morgan fingerprint density at radius 2 is 1.26 bits per heavy atom. The van der Waals surface area contributed by atoms with Crippen LogP contribution in [0.3, 0.4) is 0 Å². The summed E-state index contributed by atoms with van der Waals surface area (Å²) in [7, 11) is 0. The Kier molecular flexibility index (Phi) is 13.0. The van der Waals surface area contributed by atoms with Crippen LogP contribution < -0.4 is 10.6 Å². The van der Waals surface area contributed by atoms with Gasteiger partial charge in [-0.25, -0.2) is 4.79 Å². The van der Waals surface area contributed by atoms with Crippen molar-refractivity contribution in [2.75, 3.05) is 32.7 Å². The van der Waals surface area contributed by atoms with Crippen molar-refractivity contribution >= 4 is 53.0 Å². The van der Waals surface area contributed by atoms with Crippen LogP contribution in [0, 0.1) is 0 Å². The molecule has 4 N–H and O–H groups in total. The number of amides is 5. The number of ketones is 3. The highest BCUT2D eigenvalue weighted by atomic mass is 16.4. The smallest absolute Gasteiger partial charge is 0.325 e. The predicted molar refractivity (Wildman–Crippen MR) is 110 cm³/mol. The summed E-state index contributed by atoms with van der Waals surface area (Å²) >= 11 is 0. The molecular formula is C19H26N4O11. The van der Waals surface area contributed by atoms with Crippen molar-refractivity contribution < 1.29 is 53.4 Å². The second-order valence-electron chi connectivity index (χ2n) is 7.11. The number of nitrogens with one attached hydrogen (secondary N) is 2. The van der Waals surface area contributed by atoms with Gasteiger partial charge in [0, 0.05) is 19.8 Å². The third kappa shape index (κ3) is 14.0. The summed E-state index contributed by atoms with van der Waals surface area (Å²) in [6.45, 7) is -1.29. The molecule has 0 aromatic carbocycles. The third-order valence-corrected chi connectivity index (χ3v) is 3.83. The molecule has 0 aliphatic carbocycles. The summed E-state index contributed by atoms with van der Waals surface area (Å²) in [5.74, 6) is -7.25. The van der Waals surface area contributed by atoms with E-state index in [1.807, 2.05) is 0 Å². The first kappa shape index (κ1) is 29.8. The molecule has 0 radical (unpaired) electrons. The molecule has 0 aliphatic heterocycles. The Morgan fingerprint density at radius 1 is 0.706 bits per heavy atom. The van der Waals surface area contributed by atoms with E-state index < -0.39 is 105 Å². The van der Waals surface area contributed by atoms with Crippen LogP contribution in [-0.4, -0.2) is 106 Å². The number of imide groups is 1. The zero-order valence-electron chi connectivity index (χ0n) is 18.6. The first-order valence-corrected chi connectivity index (χ1v) is 9.78. The van der Waals surface area contributed by atoms with Crippen molar-refractivity contribution in [1.82, 2.24) is 20.4 Å². The standard InChI is InChI=1S/C19H26N4O11/c1-11(24)7-22(9-17(30)31)16(29)4-3-13(26)5-14(27)8-23(10-18(32)33)19(34)21-15(28)6-20-12(2)25/h3-10H2,1-2H3,(H,20,25)(H,30,31)(H,32,33)(H,21,28,34). The lowest BCUT2D eigenvalue weighted by molar-refractivity contribution is -0.145. The number of aliphatic carboxylic acids is 2. The number of carbonyl (C=O) groups is 9. The second kappa shape index (κ2) is 14.8. The van der Waals surface area contributed by atoms with Gasteiger partial charge in [-0.3, -0.25) is 43.7 Å². The monoisotopic (exact) mass is 486 g/mol. The Hall–Kier alpha value is -4.17. The fraction of sp³-hybridized carbons (Fsp3) is 0.526. The molecule has 188 valence electrons. The van der Waals surface area contributed by atoms with E-state index in [9.17, 15) is 43.2 Å². The van der Waals surface area contributed by atoms with Gasteiger partial charge in [-0.1, -0.05) is 0 Å². The fourth-order valence-corrected chi connectivity index (χ4v) is 2.46. The van der Waals surface area contributed by atoms with Crippen molar-refractivity contribution in [3.63, 3.8) is 0 Å². The normalized spacial score (nSPS) is 9.94. The van der Waals surface area contributed by atoms with E-state index >= 15 is 0 Å². The summed E-state index contributed by atoms with van der Waals surface area (Å²) in [6.07, 6.45) is -1.69. The number of nitrogens with zero attached hydrogens (tertiary/aromatic N) is 2. The van der Waals surface area contributed by atoms with Crippen LogP contribution in [0.2, 0.25) is 0 Å². The number of Topliss-reactive ketones (excluding diaryl/α,β-unsaturated/α-hetero) is 3. The zero-order valence-corrected chi connectivity index (χ0v) is 18.6.